The minimum absolute atomic E-state index is 0.0223. The van der Waals surface area contributed by atoms with Gasteiger partial charge in [0.05, 0.1) is 24.9 Å². The lowest BCUT2D eigenvalue weighted by Gasteiger charge is -2.22. The van der Waals surface area contributed by atoms with Crippen LogP contribution < -0.4 is 5.11 Å². The van der Waals surface area contributed by atoms with E-state index < -0.39 is 41.7 Å². The number of aliphatic carboxylic acids is 1. The van der Waals surface area contributed by atoms with E-state index in [2.05, 4.69) is 4.84 Å². The first-order valence-electron chi connectivity index (χ1n) is 8.37. The molecule has 1 heterocycles. The Bertz CT molecular complexity index is 885. The SMILES string of the molecule is N#CC(=Cc1ccc(O)cc1)CN(CC(=O)[O-])CC(=O)O[N+]1(O)C(=O)CCC1=O. The third-order valence-electron chi connectivity index (χ3n) is 3.94. The highest BCUT2D eigenvalue weighted by molar-refractivity contribution is 5.91. The third-order valence-corrected chi connectivity index (χ3v) is 3.94. The van der Waals surface area contributed by atoms with Crippen LogP contribution in [0, 0.1) is 11.3 Å². The highest BCUT2D eigenvalue weighted by Crippen LogP contribution is 2.21. The molecule has 11 heteroatoms. The molecule has 1 aliphatic rings. The molecule has 0 radical (unpaired) electrons. The van der Waals surface area contributed by atoms with Gasteiger partial charge in [-0.05, 0) is 23.8 Å². The van der Waals surface area contributed by atoms with Gasteiger partial charge < -0.3 is 15.0 Å². The summed E-state index contributed by atoms with van der Waals surface area (Å²) in [6.45, 7) is -1.78. The molecule has 0 spiro atoms. The molecule has 1 aliphatic heterocycles. The van der Waals surface area contributed by atoms with Crippen molar-refractivity contribution in [1.82, 2.24) is 4.90 Å². The molecule has 1 aromatic rings. The van der Waals surface area contributed by atoms with Crippen LogP contribution in [0.2, 0.25) is 0 Å². The minimum Gasteiger partial charge on any atom is -0.549 e. The molecule has 29 heavy (non-hydrogen) atoms. The molecule has 1 aromatic carbocycles. The number of carbonyl (C=O) groups excluding carboxylic acids is 4. The Kier molecular flexibility index (Phi) is 6.79. The zero-order valence-corrected chi connectivity index (χ0v) is 15.1. The van der Waals surface area contributed by atoms with Crippen molar-refractivity contribution in [3.63, 3.8) is 0 Å². The predicted octanol–water partition coefficient (Wildman–Crippen LogP) is -1.14. The van der Waals surface area contributed by atoms with E-state index in [4.69, 9.17) is 0 Å². The Morgan fingerprint density at radius 1 is 1.17 bits per heavy atom. The fraction of sp³-hybridized carbons (Fsp3) is 0.278. The summed E-state index contributed by atoms with van der Waals surface area (Å²) >= 11 is 0. The predicted molar refractivity (Wildman–Crippen MR) is 90.5 cm³/mol. The zero-order valence-electron chi connectivity index (χ0n) is 15.1. The number of carboxylic acids is 1. The van der Waals surface area contributed by atoms with Crippen molar-refractivity contribution in [3.05, 3.63) is 35.4 Å². The molecule has 0 bridgehead atoms. The molecule has 0 aliphatic carbocycles. The van der Waals surface area contributed by atoms with Crippen molar-refractivity contribution in [2.75, 3.05) is 19.6 Å². The summed E-state index contributed by atoms with van der Waals surface area (Å²) in [5.74, 6) is -4.78. The number of benzene rings is 1. The lowest BCUT2D eigenvalue weighted by Crippen LogP contribution is -2.52. The van der Waals surface area contributed by atoms with E-state index in [1.807, 2.05) is 6.07 Å². The van der Waals surface area contributed by atoms with Crippen LogP contribution in [-0.4, -0.2) is 63.4 Å². The summed E-state index contributed by atoms with van der Waals surface area (Å²) in [5.41, 5.74) is 0.620. The molecule has 0 atom stereocenters. The molecule has 1 fully saturated rings. The second-order valence-corrected chi connectivity index (χ2v) is 6.22. The standard InChI is InChI=1S/C18H17N3O8/c19-8-13(7-12-1-3-14(22)4-2-12)9-20(10-17(25)26)11-18(27)29-21(28)15(23)5-6-16(21)24/h1-4,7,28H,5-6,9-11H2,(H-,22,25,26). The average Bonchev–Trinajstić information content (AvgIpc) is 2.89. The fourth-order valence-corrected chi connectivity index (χ4v) is 2.59. The smallest absolute Gasteiger partial charge is 0.397 e. The van der Waals surface area contributed by atoms with Crippen molar-refractivity contribution in [1.29, 1.82) is 5.26 Å². The summed E-state index contributed by atoms with van der Waals surface area (Å²) in [4.78, 5) is 49.6. The quantitative estimate of drug-likeness (QED) is 0.234. The van der Waals surface area contributed by atoms with Gasteiger partial charge in [-0.2, -0.15) is 10.5 Å². The second-order valence-electron chi connectivity index (χ2n) is 6.22. The van der Waals surface area contributed by atoms with Gasteiger partial charge in [0.25, 0.3) is 0 Å². The van der Waals surface area contributed by atoms with Gasteiger partial charge in [0.2, 0.25) is 0 Å². The largest absolute Gasteiger partial charge is 0.549 e. The topological polar surface area (TPSA) is 168 Å². The van der Waals surface area contributed by atoms with Crippen LogP contribution in [0.4, 0.5) is 0 Å². The van der Waals surface area contributed by atoms with E-state index in [1.54, 1.807) is 0 Å². The van der Waals surface area contributed by atoms with Crippen molar-refractivity contribution >= 4 is 29.8 Å². The van der Waals surface area contributed by atoms with Crippen LogP contribution in [-0.2, 0) is 24.0 Å². The maximum atomic E-state index is 12.1. The lowest BCUT2D eigenvalue weighted by molar-refractivity contribution is -1.12. The van der Waals surface area contributed by atoms with Gasteiger partial charge in [-0.15, -0.1) is 0 Å². The molecule has 152 valence electrons. The first kappa shape index (κ1) is 21.7. The van der Waals surface area contributed by atoms with Gasteiger partial charge in [0.15, 0.2) is 0 Å². The number of hydrogen-bond donors (Lipinski definition) is 2. The number of hydroxylamine groups is 4. The highest BCUT2D eigenvalue weighted by Gasteiger charge is 2.55. The van der Waals surface area contributed by atoms with E-state index in [-0.39, 0.29) is 30.7 Å². The number of hydrogen-bond acceptors (Lipinski definition) is 10. The monoisotopic (exact) mass is 403 g/mol. The van der Waals surface area contributed by atoms with Crippen LogP contribution in [0.3, 0.4) is 0 Å². The van der Waals surface area contributed by atoms with Crippen LogP contribution in [0.1, 0.15) is 18.4 Å². The number of phenols is 1. The fourth-order valence-electron chi connectivity index (χ4n) is 2.59. The second kappa shape index (κ2) is 9.07. The Morgan fingerprint density at radius 3 is 2.28 bits per heavy atom. The molecule has 0 unspecified atom stereocenters. The highest BCUT2D eigenvalue weighted by atomic mass is 17.0. The first-order valence-corrected chi connectivity index (χ1v) is 8.37. The molecular weight excluding hydrogens is 386 g/mol. The number of carbonyl (C=O) groups is 4. The van der Waals surface area contributed by atoms with Crippen LogP contribution in [0.25, 0.3) is 6.08 Å². The number of nitriles is 1. The van der Waals surface area contributed by atoms with Gasteiger partial charge in [0, 0.05) is 18.7 Å². The van der Waals surface area contributed by atoms with E-state index >= 15 is 0 Å². The normalized spacial score (nSPS) is 16.0. The third kappa shape index (κ3) is 5.69. The zero-order chi connectivity index (χ0) is 21.6. The molecule has 2 amide bonds. The number of amides is 2. The maximum absolute atomic E-state index is 12.1. The van der Waals surface area contributed by atoms with Gasteiger partial charge >= 0.3 is 17.8 Å². The summed E-state index contributed by atoms with van der Waals surface area (Å²) in [7, 11) is 0. The van der Waals surface area contributed by atoms with E-state index in [9.17, 15) is 39.9 Å². The Morgan fingerprint density at radius 2 is 1.76 bits per heavy atom. The molecule has 2 rings (SSSR count). The summed E-state index contributed by atoms with van der Waals surface area (Å²) in [6.07, 6.45) is 0.833. The Hall–Kier alpha value is -3.59. The maximum Gasteiger partial charge on any atom is 0.397 e. The van der Waals surface area contributed by atoms with Gasteiger partial charge in [0.1, 0.15) is 17.1 Å². The Labute approximate surface area is 164 Å². The van der Waals surface area contributed by atoms with E-state index in [0.29, 0.717) is 5.56 Å². The van der Waals surface area contributed by atoms with Crippen molar-refractivity contribution in [2.45, 2.75) is 12.8 Å². The number of nitrogens with zero attached hydrogens (tertiary/aromatic N) is 3. The minimum atomic E-state index is -2.12. The number of carboxylic acid groups (broad SMARTS) is 1. The number of aromatic hydroxyl groups is 1. The number of quaternary nitrogens is 1. The van der Waals surface area contributed by atoms with Gasteiger partial charge in [-0.25, -0.2) is 19.2 Å². The van der Waals surface area contributed by atoms with Gasteiger partial charge in [-0.1, -0.05) is 12.1 Å². The van der Waals surface area contributed by atoms with Crippen LogP contribution in [0.15, 0.2) is 29.8 Å². The van der Waals surface area contributed by atoms with Crippen LogP contribution in [0.5, 0.6) is 5.75 Å². The molecular formula is C18H17N3O8. The lowest BCUT2D eigenvalue weighted by atomic mass is 10.1. The van der Waals surface area contributed by atoms with Crippen molar-refractivity contribution in [2.24, 2.45) is 0 Å². The van der Waals surface area contributed by atoms with Crippen molar-refractivity contribution in [3.8, 4) is 11.8 Å². The number of imide groups is 1. The molecule has 11 nitrogen and oxygen atoms in total. The number of phenolic OH excluding ortho intramolecular Hbond substituents is 1. The van der Waals surface area contributed by atoms with Gasteiger partial charge in [-0.3, -0.25) is 4.90 Å². The first-order chi connectivity index (χ1) is 13.6. The molecule has 0 saturated carbocycles. The van der Waals surface area contributed by atoms with Crippen molar-refractivity contribution < 1.29 is 44.2 Å². The molecule has 1 saturated heterocycles. The number of rotatable bonds is 8. The van der Waals surface area contributed by atoms with Crippen LogP contribution >= 0.6 is 0 Å². The Balaban J connectivity index is 2.11. The average molecular weight is 403 g/mol. The summed E-state index contributed by atoms with van der Waals surface area (Å²) in [5, 5.41) is 39.4. The van der Waals surface area contributed by atoms with E-state index in [1.165, 1.54) is 30.3 Å². The summed E-state index contributed by atoms with van der Waals surface area (Å²) < 4.78 is 0. The van der Waals surface area contributed by atoms with E-state index in [0.717, 1.165) is 4.90 Å². The molecule has 2 N–H and O–H groups in total. The molecule has 0 aromatic heterocycles. The summed E-state index contributed by atoms with van der Waals surface area (Å²) in [6, 6.07) is 7.70.